The Hall–Kier alpha value is -0.000000000000000132. The van der Waals surface area contributed by atoms with Crippen LogP contribution in [0, 0.1) is 15.4 Å². The number of hydrogen-bond acceptors (Lipinski definition) is 2. The highest BCUT2D eigenvalue weighted by atomic mass is 127. The number of rotatable bonds is 4. The summed E-state index contributed by atoms with van der Waals surface area (Å²) in [7, 11) is 0. The molecule has 1 fully saturated rings. The molecule has 0 bridgehead atoms. The van der Waals surface area contributed by atoms with E-state index in [2.05, 4.69) is 78.7 Å². The van der Waals surface area contributed by atoms with Crippen LogP contribution in [0.15, 0.2) is 18.2 Å². The van der Waals surface area contributed by atoms with Crippen molar-refractivity contribution in [2.75, 3.05) is 18.0 Å². The van der Waals surface area contributed by atoms with Crippen LogP contribution in [0.3, 0.4) is 0 Å². The molecule has 1 aliphatic heterocycles. The third kappa shape index (κ3) is 4.49. The predicted molar refractivity (Wildman–Crippen MR) is 101 cm³/mol. The standard InChI is InChI=1S/C17H26ClIN2/c1-11(2)7-14-10-21(17(9-20-14)12(3)4)16-6-5-13(19)8-15(16)18/h5-6,8,11-12,14,17,20H,7,9-10H2,1-4H3. The van der Waals surface area contributed by atoms with Gasteiger partial charge in [-0.15, -0.1) is 0 Å². The lowest BCUT2D eigenvalue weighted by Crippen LogP contribution is -2.58. The molecular weight excluding hydrogens is 395 g/mol. The maximum atomic E-state index is 6.52. The summed E-state index contributed by atoms with van der Waals surface area (Å²) in [6.07, 6.45) is 1.21. The van der Waals surface area contributed by atoms with E-state index < -0.39 is 0 Å². The Labute approximate surface area is 147 Å². The minimum atomic E-state index is 0.506. The first kappa shape index (κ1) is 17.4. The molecule has 0 saturated carbocycles. The van der Waals surface area contributed by atoms with Gasteiger partial charge in [-0.2, -0.15) is 0 Å². The Balaban J connectivity index is 2.25. The molecule has 0 aliphatic carbocycles. The average molecular weight is 421 g/mol. The number of hydrogen-bond donors (Lipinski definition) is 1. The molecule has 1 N–H and O–H groups in total. The second-order valence-electron chi connectivity index (χ2n) is 6.79. The van der Waals surface area contributed by atoms with E-state index in [-0.39, 0.29) is 0 Å². The van der Waals surface area contributed by atoms with Gasteiger partial charge in [0, 0.05) is 28.7 Å². The molecule has 2 unspecified atom stereocenters. The lowest BCUT2D eigenvalue weighted by Gasteiger charge is -2.44. The number of piperazine rings is 1. The van der Waals surface area contributed by atoms with E-state index in [1.54, 1.807) is 0 Å². The molecule has 0 aromatic heterocycles. The summed E-state index contributed by atoms with van der Waals surface area (Å²) in [5.74, 6) is 1.32. The van der Waals surface area contributed by atoms with Gasteiger partial charge < -0.3 is 10.2 Å². The van der Waals surface area contributed by atoms with E-state index >= 15 is 0 Å². The maximum absolute atomic E-state index is 6.52. The first-order chi connectivity index (χ1) is 9.88. The fourth-order valence-electron chi connectivity index (χ4n) is 3.15. The third-order valence-corrected chi connectivity index (χ3v) is 5.15. The van der Waals surface area contributed by atoms with E-state index in [1.807, 2.05) is 0 Å². The zero-order valence-corrected chi connectivity index (χ0v) is 16.3. The van der Waals surface area contributed by atoms with Gasteiger partial charge in [0.05, 0.1) is 10.7 Å². The van der Waals surface area contributed by atoms with Crippen LogP contribution in [0.25, 0.3) is 0 Å². The number of nitrogens with one attached hydrogen (secondary N) is 1. The van der Waals surface area contributed by atoms with Crippen LogP contribution in [-0.2, 0) is 0 Å². The van der Waals surface area contributed by atoms with Crippen LogP contribution < -0.4 is 10.2 Å². The lowest BCUT2D eigenvalue weighted by molar-refractivity contribution is 0.310. The second kappa shape index (κ2) is 7.51. The number of anilines is 1. The van der Waals surface area contributed by atoms with Crippen LogP contribution >= 0.6 is 34.2 Å². The van der Waals surface area contributed by atoms with E-state index in [4.69, 9.17) is 11.6 Å². The van der Waals surface area contributed by atoms with Gasteiger partial charge in [0.25, 0.3) is 0 Å². The molecular formula is C17H26ClIN2. The number of halogens is 2. The minimum Gasteiger partial charge on any atom is -0.364 e. The van der Waals surface area contributed by atoms with E-state index in [0.29, 0.717) is 23.9 Å². The maximum Gasteiger partial charge on any atom is 0.0650 e. The summed E-state index contributed by atoms with van der Waals surface area (Å²) in [4.78, 5) is 2.52. The monoisotopic (exact) mass is 420 g/mol. The van der Waals surface area contributed by atoms with Crippen LogP contribution in [0.1, 0.15) is 34.1 Å². The van der Waals surface area contributed by atoms with Crippen LogP contribution in [0.5, 0.6) is 0 Å². The van der Waals surface area contributed by atoms with Crippen LogP contribution in [0.4, 0.5) is 5.69 Å². The molecule has 0 radical (unpaired) electrons. The largest absolute Gasteiger partial charge is 0.364 e. The first-order valence-corrected chi connectivity index (χ1v) is 9.29. The van der Waals surface area contributed by atoms with Crippen molar-refractivity contribution in [3.63, 3.8) is 0 Å². The van der Waals surface area contributed by atoms with Crippen molar-refractivity contribution in [1.29, 1.82) is 0 Å². The third-order valence-electron chi connectivity index (χ3n) is 4.18. The molecule has 2 rings (SSSR count). The van der Waals surface area contributed by atoms with Crippen molar-refractivity contribution < 1.29 is 0 Å². The summed E-state index contributed by atoms with van der Waals surface area (Å²) < 4.78 is 1.19. The highest BCUT2D eigenvalue weighted by Gasteiger charge is 2.31. The van der Waals surface area contributed by atoms with Crippen molar-refractivity contribution in [2.24, 2.45) is 11.8 Å². The molecule has 1 heterocycles. The summed E-state index contributed by atoms with van der Waals surface area (Å²) in [5, 5.41) is 4.60. The second-order valence-corrected chi connectivity index (χ2v) is 8.45. The Bertz CT molecular complexity index is 476. The van der Waals surface area contributed by atoms with Crippen LogP contribution in [-0.4, -0.2) is 25.2 Å². The molecule has 118 valence electrons. The molecule has 4 heteroatoms. The van der Waals surface area contributed by atoms with Crippen molar-refractivity contribution in [1.82, 2.24) is 5.32 Å². The average Bonchev–Trinajstić information content (AvgIpc) is 2.37. The summed E-state index contributed by atoms with van der Waals surface area (Å²) >= 11 is 8.84. The molecule has 1 aromatic rings. The van der Waals surface area contributed by atoms with Gasteiger partial charge in [-0.1, -0.05) is 39.3 Å². The van der Waals surface area contributed by atoms with Gasteiger partial charge in [-0.25, -0.2) is 0 Å². The highest BCUT2D eigenvalue weighted by molar-refractivity contribution is 14.1. The smallest absolute Gasteiger partial charge is 0.0650 e. The van der Waals surface area contributed by atoms with Crippen molar-refractivity contribution >= 4 is 39.9 Å². The molecule has 1 saturated heterocycles. The fourth-order valence-corrected chi connectivity index (χ4v) is 4.11. The van der Waals surface area contributed by atoms with E-state index in [0.717, 1.165) is 18.1 Å². The van der Waals surface area contributed by atoms with Gasteiger partial charge in [0.2, 0.25) is 0 Å². The predicted octanol–water partition coefficient (Wildman–Crippen LogP) is 4.79. The van der Waals surface area contributed by atoms with E-state index in [1.165, 1.54) is 15.7 Å². The highest BCUT2D eigenvalue weighted by Crippen LogP contribution is 2.32. The molecule has 2 nitrogen and oxygen atoms in total. The Morgan fingerprint density at radius 2 is 2.05 bits per heavy atom. The quantitative estimate of drug-likeness (QED) is 0.704. The molecule has 0 spiro atoms. The number of nitrogens with zero attached hydrogens (tertiary/aromatic N) is 1. The van der Waals surface area contributed by atoms with E-state index in [9.17, 15) is 0 Å². The summed E-state index contributed by atoms with van der Waals surface area (Å²) in [5.41, 5.74) is 1.19. The zero-order chi connectivity index (χ0) is 15.6. The lowest BCUT2D eigenvalue weighted by atomic mass is 9.94. The fraction of sp³-hybridized carbons (Fsp3) is 0.647. The molecule has 21 heavy (non-hydrogen) atoms. The first-order valence-electron chi connectivity index (χ1n) is 7.83. The zero-order valence-electron chi connectivity index (χ0n) is 13.4. The Morgan fingerprint density at radius 3 is 2.62 bits per heavy atom. The molecule has 2 atom stereocenters. The molecule has 0 amide bonds. The van der Waals surface area contributed by atoms with Crippen molar-refractivity contribution in [3.05, 3.63) is 26.8 Å². The summed E-state index contributed by atoms with van der Waals surface area (Å²) in [6.45, 7) is 11.3. The SMILES string of the molecule is CC(C)CC1CN(c2ccc(I)cc2Cl)C(C(C)C)CN1. The van der Waals surface area contributed by atoms with Gasteiger partial charge in [-0.05, 0) is 59.0 Å². The van der Waals surface area contributed by atoms with Gasteiger partial charge in [-0.3, -0.25) is 0 Å². The molecule has 1 aromatic carbocycles. The van der Waals surface area contributed by atoms with Crippen molar-refractivity contribution in [2.45, 2.75) is 46.2 Å². The summed E-state index contributed by atoms with van der Waals surface area (Å²) in [6, 6.07) is 7.45. The van der Waals surface area contributed by atoms with Crippen LogP contribution in [0.2, 0.25) is 5.02 Å². The van der Waals surface area contributed by atoms with Gasteiger partial charge in [0.1, 0.15) is 0 Å². The topological polar surface area (TPSA) is 15.3 Å². The molecule has 1 aliphatic rings. The minimum absolute atomic E-state index is 0.506. The van der Waals surface area contributed by atoms with Gasteiger partial charge in [0.15, 0.2) is 0 Å². The normalized spacial score (nSPS) is 23.1. The Kier molecular flexibility index (Phi) is 6.21. The van der Waals surface area contributed by atoms with Gasteiger partial charge >= 0.3 is 0 Å². The number of benzene rings is 1. The van der Waals surface area contributed by atoms with Crippen molar-refractivity contribution in [3.8, 4) is 0 Å². The Morgan fingerprint density at radius 1 is 1.33 bits per heavy atom.